The van der Waals surface area contributed by atoms with E-state index in [1.54, 1.807) is 0 Å². The Morgan fingerprint density at radius 1 is 1.39 bits per heavy atom. The minimum Gasteiger partial charge on any atom is -0.377 e. The number of morpholine rings is 1. The van der Waals surface area contributed by atoms with Gasteiger partial charge in [-0.05, 0) is 18.6 Å². The zero-order chi connectivity index (χ0) is 13.0. The van der Waals surface area contributed by atoms with Crippen LogP contribution in [-0.4, -0.2) is 31.8 Å². The molecule has 3 nitrogen and oxygen atoms in total. The van der Waals surface area contributed by atoms with Crippen LogP contribution in [0.15, 0.2) is 24.3 Å². The van der Waals surface area contributed by atoms with Crippen LogP contribution in [0, 0.1) is 0 Å². The number of rotatable bonds is 4. The molecule has 100 valence electrons. The van der Waals surface area contributed by atoms with Gasteiger partial charge in [0.25, 0.3) is 0 Å². The number of benzene rings is 1. The van der Waals surface area contributed by atoms with Gasteiger partial charge in [-0.25, -0.2) is 0 Å². The lowest BCUT2D eigenvalue weighted by atomic mass is 10.1. The Kier molecular flexibility index (Phi) is 4.61. The second-order valence-electron chi connectivity index (χ2n) is 5.28. The van der Waals surface area contributed by atoms with Crippen LogP contribution >= 0.6 is 0 Å². The van der Waals surface area contributed by atoms with Gasteiger partial charge in [-0.2, -0.15) is 0 Å². The number of nitrogens with one attached hydrogen (secondary N) is 1. The molecule has 1 unspecified atom stereocenters. The summed E-state index contributed by atoms with van der Waals surface area (Å²) in [5.74, 6) is 0. The Balaban J connectivity index is 2.15. The molecule has 1 aliphatic heterocycles. The quantitative estimate of drug-likeness (QED) is 0.885. The van der Waals surface area contributed by atoms with Crippen molar-refractivity contribution in [2.24, 2.45) is 0 Å². The highest BCUT2D eigenvalue weighted by Gasteiger charge is 2.20. The van der Waals surface area contributed by atoms with Gasteiger partial charge in [0.2, 0.25) is 0 Å². The molecule has 0 saturated carbocycles. The van der Waals surface area contributed by atoms with Crippen molar-refractivity contribution in [1.82, 2.24) is 5.32 Å². The van der Waals surface area contributed by atoms with Gasteiger partial charge in [0, 0.05) is 30.9 Å². The maximum absolute atomic E-state index is 5.51. The van der Waals surface area contributed by atoms with E-state index < -0.39 is 0 Å². The Morgan fingerprint density at radius 3 is 2.89 bits per heavy atom. The summed E-state index contributed by atoms with van der Waals surface area (Å²) in [5.41, 5.74) is 2.72. The molecule has 0 aromatic heterocycles. The Bertz CT molecular complexity index is 379. The van der Waals surface area contributed by atoms with Crippen LogP contribution in [0.1, 0.15) is 26.3 Å². The summed E-state index contributed by atoms with van der Waals surface area (Å²) >= 11 is 0. The van der Waals surface area contributed by atoms with Gasteiger partial charge in [0.1, 0.15) is 0 Å². The molecule has 3 heteroatoms. The van der Waals surface area contributed by atoms with Crippen LogP contribution in [0.25, 0.3) is 0 Å². The lowest BCUT2D eigenvalue weighted by molar-refractivity contribution is 0.0988. The van der Waals surface area contributed by atoms with Gasteiger partial charge in [-0.15, -0.1) is 0 Å². The highest BCUT2D eigenvalue weighted by molar-refractivity contribution is 5.54. The SMILES string of the molecule is CC(C)NCc1ccccc1N1CCOCC1C. The van der Waals surface area contributed by atoms with Crippen LogP contribution in [-0.2, 0) is 11.3 Å². The van der Waals surface area contributed by atoms with E-state index in [-0.39, 0.29) is 0 Å². The predicted molar refractivity (Wildman–Crippen MR) is 76.0 cm³/mol. The van der Waals surface area contributed by atoms with Crippen molar-refractivity contribution in [3.05, 3.63) is 29.8 Å². The molecule has 0 bridgehead atoms. The van der Waals surface area contributed by atoms with E-state index in [2.05, 4.69) is 55.3 Å². The third-order valence-electron chi connectivity index (χ3n) is 3.37. The topological polar surface area (TPSA) is 24.5 Å². The first kappa shape index (κ1) is 13.4. The van der Waals surface area contributed by atoms with Crippen molar-refractivity contribution >= 4 is 5.69 Å². The lowest BCUT2D eigenvalue weighted by Crippen LogP contribution is -2.44. The molecule has 0 aliphatic carbocycles. The number of hydrogen-bond donors (Lipinski definition) is 1. The van der Waals surface area contributed by atoms with Gasteiger partial charge < -0.3 is 15.0 Å². The van der Waals surface area contributed by atoms with Gasteiger partial charge in [-0.3, -0.25) is 0 Å². The summed E-state index contributed by atoms with van der Waals surface area (Å²) in [7, 11) is 0. The van der Waals surface area contributed by atoms with Crippen molar-refractivity contribution in [2.45, 2.75) is 39.4 Å². The highest BCUT2D eigenvalue weighted by atomic mass is 16.5. The maximum Gasteiger partial charge on any atom is 0.0668 e. The normalized spacial score (nSPS) is 20.4. The molecule has 1 aromatic rings. The molecular weight excluding hydrogens is 224 g/mol. The summed E-state index contributed by atoms with van der Waals surface area (Å²) in [4.78, 5) is 2.46. The third-order valence-corrected chi connectivity index (χ3v) is 3.37. The molecule has 1 aromatic carbocycles. The largest absolute Gasteiger partial charge is 0.377 e. The highest BCUT2D eigenvalue weighted by Crippen LogP contribution is 2.24. The minimum absolute atomic E-state index is 0.457. The lowest BCUT2D eigenvalue weighted by Gasteiger charge is -2.36. The molecular formula is C15H24N2O. The summed E-state index contributed by atoms with van der Waals surface area (Å²) in [6, 6.07) is 9.65. The molecule has 0 amide bonds. The molecule has 0 radical (unpaired) electrons. The van der Waals surface area contributed by atoms with Gasteiger partial charge >= 0.3 is 0 Å². The standard InChI is InChI=1S/C15H24N2O/c1-12(2)16-10-14-6-4-5-7-15(14)17-8-9-18-11-13(17)3/h4-7,12-13,16H,8-11H2,1-3H3. The maximum atomic E-state index is 5.51. The van der Waals surface area contributed by atoms with E-state index >= 15 is 0 Å². The molecule has 2 rings (SSSR count). The molecule has 1 fully saturated rings. The number of nitrogens with zero attached hydrogens (tertiary/aromatic N) is 1. The van der Waals surface area contributed by atoms with Crippen LogP contribution < -0.4 is 10.2 Å². The number of anilines is 1. The first-order chi connectivity index (χ1) is 8.68. The van der Waals surface area contributed by atoms with E-state index in [0.717, 1.165) is 26.3 Å². The fourth-order valence-corrected chi connectivity index (χ4v) is 2.34. The monoisotopic (exact) mass is 248 g/mol. The summed E-state index contributed by atoms with van der Waals surface area (Å²) in [6.07, 6.45) is 0. The van der Waals surface area contributed by atoms with Crippen molar-refractivity contribution < 1.29 is 4.74 Å². The van der Waals surface area contributed by atoms with Crippen molar-refractivity contribution in [3.8, 4) is 0 Å². The van der Waals surface area contributed by atoms with Crippen LogP contribution in [0.3, 0.4) is 0 Å². The average Bonchev–Trinajstić information content (AvgIpc) is 2.37. The summed E-state index contributed by atoms with van der Waals surface area (Å²) in [6.45, 7) is 10.2. The van der Waals surface area contributed by atoms with Crippen LogP contribution in [0.5, 0.6) is 0 Å². The van der Waals surface area contributed by atoms with Crippen molar-refractivity contribution in [3.63, 3.8) is 0 Å². The number of ether oxygens (including phenoxy) is 1. The van der Waals surface area contributed by atoms with Gasteiger partial charge in [-0.1, -0.05) is 32.0 Å². The molecule has 0 spiro atoms. The second kappa shape index (κ2) is 6.21. The zero-order valence-electron chi connectivity index (χ0n) is 11.6. The van der Waals surface area contributed by atoms with E-state index in [0.29, 0.717) is 12.1 Å². The number of hydrogen-bond acceptors (Lipinski definition) is 3. The Labute approximate surface area is 110 Å². The molecule has 18 heavy (non-hydrogen) atoms. The molecule has 1 N–H and O–H groups in total. The fourth-order valence-electron chi connectivity index (χ4n) is 2.34. The van der Waals surface area contributed by atoms with Crippen molar-refractivity contribution in [2.75, 3.05) is 24.7 Å². The zero-order valence-corrected chi connectivity index (χ0v) is 11.6. The van der Waals surface area contributed by atoms with E-state index in [1.165, 1.54) is 11.3 Å². The third kappa shape index (κ3) is 3.24. The molecule has 1 heterocycles. The first-order valence-corrected chi connectivity index (χ1v) is 6.84. The number of para-hydroxylation sites is 1. The Morgan fingerprint density at radius 2 is 2.17 bits per heavy atom. The fraction of sp³-hybridized carbons (Fsp3) is 0.600. The minimum atomic E-state index is 0.457. The van der Waals surface area contributed by atoms with Gasteiger partial charge in [0.05, 0.1) is 13.2 Å². The molecule has 1 saturated heterocycles. The van der Waals surface area contributed by atoms with Crippen LogP contribution in [0.2, 0.25) is 0 Å². The molecule has 1 atom stereocenters. The van der Waals surface area contributed by atoms with E-state index in [9.17, 15) is 0 Å². The second-order valence-corrected chi connectivity index (χ2v) is 5.28. The summed E-state index contributed by atoms with van der Waals surface area (Å²) in [5, 5.41) is 3.50. The van der Waals surface area contributed by atoms with Gasteiger partial charge in [0.15, 0.2) is 0 Å². The first-order valence-electron chi connectivity index (χ1n) is 6.84. The van der Waals surface area contributed by atoms with E-state index in [4.69, 9.17) is 4.74 Å². The van der Waals surface area contributed by atoms with E-state index in [1.807, 2.05) is 0 Å². The smallest absolute Gasteiger partial charge is 0.0668 e. The summed E-state index contributed by atoms with van der Waals surface area (Å²) < 4.78 is 5.51. The Hall–Kier alpha value is -1.06. The molecule has 1 aliphatic rings. The van der Waals surface area contributed by atoms with Crippen LogP contribution in [0.4, 0.5) is 5.69 Å². The predicted octanol–water partition coefficient (Wildman–Crippen LogP) is 2.41. The van der Waals surface area contributed by atoms with Crippen molar-refractivity contribution in [1.29, 1.82) is 0 Å². The average molecular weight is 248 g/mol.